The highest BCUT2D eigenvalue weighted by Crippen LogP contribution is 2.31. The van der Waals surface area contributed by atoms with Gasteiger partial charge >= 0.3 is 0 Å². The summed E-state index contributed by atoms with van der Waals surface area (Å²) in [6, 6.07) is 1.15. The third-order valence-corrected chi connectivity index (χ3v) is 3.42. The zero-order chi connectivity index (χ0) is 13.4. The van der Waals surface area contributed by atoms with Crippen LogP contribution in [0.2, 0.25) is 5.15 Å². The second kappa shape index (κ2) is 4.86. The van der Waals surface area contributed by atoms with Crippen LogP contribution in [-0.2, 0) is 6.54 Å². The number of aliphatic hydroxyl groups excluding tert-OH is 1. The second-order valence-electron chi connectivity index (χ2n) is 4.74. The van der Waals surface area contributed by atoms with Crippen molar-refractivity contribution >= 4 is 11.6 Å². The Morgan fingerprint density at radius 3 is 3.05 bits per heavy atom. The zero-order valence-electron chi connectivity index (χ0n) is 10.0. The van der Waals surface area contributed by atoms with Gasteiger partial charge in [0.2, 0.25) is 0 Å². The quantitative estimate of drug-likeness (QED) is 0.871. The number of nitrogens with zero attached hydrogens (tertiary/aromatic N) is 4. The normalized spacial score (nSPS) is 16.6. The minimum Gasteiger partial charge on any atom is -0.382 e. The van der Waals surface area contributed by atoms with Crippen molar-refractivity contribution in [2.45, 2.75) is 25.5 Å². The first-order valence-corrected chi connectivity index (χ1v) is 6.40. The fourth-order valence-corrected chi connectivity index (χ4v) is 2.09. The lowest BCUT2D eigenvalue weighted by molar-refractivity contribution is 0.214. The SMILES string of the molecule is OC(c1cn(CC2CC2)nn1)c1cc(F)cnc1Cl. The number of hydrogen-bond donors (Lipinski definition) is 1. The van der Waals surface area contributed by atoms with Gasteiger partial charge < -0.3 is 5.11 Å². The monoisotopic (exact) mass is 282 g/mol. The largest absolute Gasteiger partial charge is 0.382 e. The lowest BCUT2D eigenvalue weighted by Gasteiger charge is -2.08. The van der Waals surface area contributed by atoms with Crippen molar-refractivity contribution in [2.75, 3.05) is 0 Å². The fourth-order valence-electron chi connectivity index (χ4n) is 1.88. The highest BCUT2D eigenvalue weighted by Gasteiger charge is 2.24. The summed E-state index contributed by atoms with van der Waals surface area (Å²) in [5.74, 6) is 0.106. The smallest absolute Gasteiger partial charge is 0.141 e. The molecule has 100 valence electrons. The Balaban J connectivity index is 1.83. The molecule has 0 radical (unpaired) electrons. The molecule has 1 N–H and O–H groups in total. The molecule has 2 heterocycles. The molecule has 3 rings (SSSR count). The van der Waals surface area contributed by atoms with Crippen molar-refractivity contribution in [3.8, 4) is 0 Å². The van der Waals surface area contributed by atoms with Gasteiger partial charge in [-0.2, -0.15) is 0 Å². The summed E-state index contributed by atoms with van der Waals surface area (Å²) in [5, 5.41) is 18.1. The third-order valence-electron chi connectivity index (χ3n) is 3.11. The Labute approximate surface area is 114 Å². The van der Waals surface area contributed by atoms with Gasteiger partial charge in [-0.15, -0.1) is 5.10 Å². The Bertz CT molecular complexity index is 599. The number of pyridine rings is 1. The maximum atomic E-state index is 13.1. The van der Waals surface area contributed by atoms with Crippen molar-refractivity contribution in [1.82, 2.24) is 20.0 Å². The maximum Gasteiger partial charge on any atom is 0.141 e. The predicted octanol–water partition coefficient (Wildman–Crippen LogP) is 1.96. The Kier molecular flexibility index (Phi) is 3.20. The molecule has 1 atom stereocenters. The first-order valence-electron chi connectivity index (χ1n) is 6.02. The highest BCUT2D eigenvalue weighted by molar-refractivity contribution is 6.30. The van der Waals surface area contributed by atoms with E-state index in [-0.39, 0.29) is 10.7 Å². The average Bonchev–Trinajstić information content (AvgIpc) is 3.07. The van der Waals surface area contributed by atoms with Crippen LogP contribution in [0.4, 0.5) is 4.39 Å². The van der Waals surface area contributed by atoms with E-state index in [9.17, 15) is 9.50 Å². The lowest BCUT2D eigenvalue weighted by atomic mass is 10.1. The molecule has 0 bridgehead atoms. The minimum absolute atomic E-state index is 0.0608. The van der Waals surface area contributed by atoms with Gasteiger partial charge in [-0.25, -0.2) is 9.37 Å². The molecule has 1 aliphatic rings. The van der Waals surface area contributed by atoms with E-state index in [0.29, 0.717) is 11.6 Å². The van der Waals surface area contributed by atoms with Crippen LogP contribution < -0.4 is 0 Å². The molecular weight excluding hydrogens is 271 g/mol. The second-order valence-corrected chi connectivity index (χ2v) is 5.10. The number of hydrogen-bond acceptors (Lipinski definition) is 4. The molecule has 0 spiro atoms. The van der Waals surface area contributed by atoms with Crippen molar-refractivity contribution in [1.29, 1.82) is 0 Å². The Hall–Kier alpha value is -1.53. The molecule has 0 aromatic carbocycles. The number of rotatable bonds is 4. The van der Waals surface area contributed by atoms with E-state index in [0.717, 1.165) is 18.8 Å². The summed E-state index contributed by atoms with van der Waals surface area (Å²) < 4.78 is 14.8. The molecule has 19 heavy (non-hydrogen) atoms. The van der Waals surface area contributed by atoms with Gasteiger partial charge in [-0.3, -0.25) is 4.68 Å². The van der Waals surface area contributed by atoms with Crippen LogP contribution in [0.25, 0.3) is 0 Å². The van der Waals surface area contributed by atoms with Crippen molar-refractivity contribution in [3.63, 3.8) is 0 Å². The summed E-state index contributed by atoms with van der Waals surface area (Å²) in [4.78, 5) is 3.67. The molecule has 1 unspecified atom stereocenters. The fraction of sp³-hybridized carbons (Fsp3) is 0.417. The van der Waals surface area contributed by atoms with Gasteiger partial charge in [0, 0.05) is 12.1 Å². The summed E-state index contributed by atoms with van der Waals surface area (Å²) in [6.07, 6.45) is 3.95. The summed E-state index contributed by atoms with van der Waals surface area (Å²) in [7, 11) is 0. The number of aliphatic hydroxyl groups is 1. The van der Waals surface area contributed by atoms with Gasteiger partial charge in [0.05, 0.1) is 12.4 Å². The first-order chi connectivity index (χ1) is 9.13. The molecule has 0 saturated heterocycles. The van der Waals surface area contributed by atoms with Crippen LogP contribution in [0.5, 0.6) is 0 Å². The van der Waals surface area contributed by atoms with Crippen LogP contribution in [-0.4, -0.2) is 25.1 Å². The van der Waals surface area contributed by atoms with E-state index in [1.54, 1.807) is 10.9 Å². The molecule has 2 aromatic heterocycles. The Morgan fingerprint density at radius 1 is 1.53 bits per heavy atom. The molecule has 0 aliphatic heterocycles. The topological polar surface area (TPSA) is 63.8 Å². The predicted molar refractivity (Wildman–Crippen MR) is 66.0 cm³/mol. The van der Waals surface area contributed by atoms with Crippen molar-refractivity contribution in [2.24, 2.45) is 5.92 Å². The van der Waals surface area contributed by atoms with Gasteiger partial charge in [0.15, 0.2) is 0 Å². The van der Waals surface area contributed by atoms with E-state index < -0.39 is 11.9 Å². The van der Waals surface area contributed by atoms with E-state index in [4.69, 9.17) is 11.6 Å². The zero-order valence-corrected chi connectivity index (χ0v) is 10.8. The van der Waals surface area contributed by atoms with Gasteiger partial charge in [0.1, 0.15) is 22.8 Å². The van der Waals surface area contributed by atoms with Crippen molar-refractivity contribution < 1.29 is 9.50 Å². The van der Waals surface area contributed by atoms with E-state index in [2.05, 4.69) is 15.3 Å². The third kappa shape index (κ3) is 2.74. The molecule has 2 aromatic rings. The van der Waals surface area contributed by atoms with Crippen LogP contribution in [0.3, 0.4) is 0 Å². The lowest BCUT2D eigenvalue weighted by Crippen LogP contribution is -2.03. The Morgan fingerprint density at radius 2 is 2.32 bits per heavy atom. The highest BCUT2D eigenvalue weighted by atomic mass is 35.5. The van der Waals surface area contributed by atoms with Crippen LogP contribution in [0.15, 0.2) is 18.5 Å². The summed E-state index contributed by atoms with van der Waals surface area (Å²) in [6.45, 7) is 0.800. The van der Waals surface area contributed by atoms with Crippen LogP contribution >= 0.6 is 11.6 Å². The molecule has 1 saturated carbocycles. The van der Waals surface area contributed by atoms with Gasteiger partial charge in [-0.1, -0.05) is 16.8 Å². The molecule has 7 heteroatoms. The molecule has 0 amide bonds. The van der Waals surface area contributed by atoms with Gasteiger partial charge in [-0.05, 0) is 24.8 Å². The molecular formula is C12H12ClFN4O. The van der Waals surface area contributed by atoms with E-state index in [1.165, 1.54) is 12.8 Å². The van der Waals surface area contributed by atoms with Crippen LogP contribution in [0.1, 0.15) is 30.2 Å². The summed E-state index contributed by atoms with van der Waals surface area (Å²) >= 11 is 5.85. The number of halogens is 2. The molecule has 5 nitrogen and oxygen atoms in total. The number of aromatic nitrogens is 4. The van der Waals surface area contributed by atoms with Crippen molar-refractivity contribution in [3.05, 3.63) is 40.7 Å². The van der Waals surface area contributed by atoms with Gasteiger partial charge in [0.25, 0.3) is 0 Å². The van der Waals surface area contributed by atoms with E-state index >= 15 is 0 Å². The molecule has 1 fully saturated rings. The molecule has 1 aliphatic carbocycles. The summed E-state index contributed by atoms with van der Waals surface area (Å²) in [5.41, 5.74) is 0.537. The van der Waals surface area contributed by atoms with Crippen LogP contribution in [0, 0.1) is 11.7 Å². The standard InChI is InChI=1S/C12H12ClFN4O/c13-12-9(3-8(14)4-15-12)11(19)10-6-18(17-16-10)5-7-1-2-7/h3-4,6-7,11,19H,1-2,5H2. The van der Waals surface area contributed by atoms with E-state index in [1.807, 2.05) is 0 Å². The minimum atomic E-state index is -1.12. The average molecular weight is 283 g/mol. The maximum absolute atomic E-state index is 13.1. The first kappa shape index (κ1) is 12.5.